The van der Waals surface area contributed by atoms with E-state index in [-0.39, 0.29) is 11.9 Å². The molecule has 0 saturated heterocycles. The molecule has 1 unspecified atom stereocenters. The highest BCUT2D eigenvalue weighted by Crippen LogP contribution is 2.20. The van der Waals surface area contributed by atoms with E-state index >= 15 is 0 Å². The van der Waals surface area contributed by atoms with Gasteiger partial charge >= 0.3 is 0 Å². The van der Waals surface area contributed by atoms with Crippen LogP contribution in [-0.4, -0.2) is 22.3 Å². The molecule has 0 aliphatic rings. The summed E-state index contributed by atoms with van der Waals surface area (Å²) in [5.41, 5.74) is 3.95. The van der Waals surface area contributed by atoms with Gasteiger partial charge < -0.3 is 10.1 Å². The maximum absolute atomic E-state index is 12.3. The van der Waals surface area contributed by atoms with E-state index in [0.717, 1.165) is 28.3 Å². The van der Waals surface area contributed by atoms with E-state index in [1.165, 1.54) is 0 Å². The summed E-state index contributed by atoms with van der Waals surface area (Å²) in [4.78, 5) is 12.3. The molecule has 3 aromatic rings. The second-order valence-corrected chi connectivity index (χ2v) is 6.50. The van der Waals surface area contributed by atoms with Crippen molar-refractivity contribution in [1.82, 2.24) is 15.1 Å². The molecular formula is C23H25N3O2. The maximum Gasteiger partial charge on any atom is 0.244 e. The number of nitrogens with zero attached hydrogens (tertiary/aromatic N) is 2. The summed E-state index contributed by atoms with van der Waals surface area (Å²) in [6, 6.07) is 17.4. The van der Waals surface area contributed by atoms with E-state index in [1.807, 2.05) is 86.2 Å². The first-order valence-electron chi connectivity index (χ1n) is 9.40. The highest BCUT2D eigenvalue weighted by atomic mass is 16.5. The van der Waals surface area contributed by atoms with E-state index < -0.39 is 0 Å². The van der Waals surface area contributed by atoms with Crippen LogP contribution in [0.1, 0.15) is 36.7 Å². The number of hydrogen-bond donors (Lipinski definition) is 1. The third-order valence-electron chi connectivity index (χ3n) is 4.49. The molecule has 1 atom stereocenters. The highest BCUT2D eigenvalue weighted by molar-refractivity contribution is 5.92. The average molecular weight is 375 g/mol. The molecule has 1 aromatic heterocycles. The van der Waals surface area contributed by atoms with Crippen molar-refractivity contribution >= 4 is 12.0 Å². The predicted molar refractivity (Wildman–Crippen MR) is 112 cm³/mol. The van der Waals surface area contributed by atoms with Crippen molar-refractivity contribution in [3.63, 3.8) is 0 Å². The van der Waals surface area contributed by atoms with Gasteiger partial charge in [-0.2, -0.15) is 5.10 Å². The van der Waals surface area contributed by atoms with Gasteiger partial charge in [-0.1, -0.05) is 30.3 Å². The summed E-state index contributed by atoms with van der Waals surface area (Å²) >= 11 is 0. The van der Waals surface area contributed by atoms with Crippen LogP contribution in [-0.2, 0) is 4.79 Å². The lowest BCUT2D eigenvalue weighted by Gasteiger charge is -2.13. The molecule has 5 heteroatoms. The van der Waals surface area contributed by atoms with Gasteiger partial charge in [0.25, 0.3) is 0 Å². The fraction of sp³-hybridized carbons (Fsp3) is 0.217. The highest BCUT2D eigenvalue weighted by Gasteiger charge is 2.15. The van der Waals surface area contributed by atoms with Crippen LogP contribution in [0.5, 0.6) is 5.75 Å². The number of carbonyl (C=O) groups excluding carboxylic acids is 1. The molecule has 0 spiro atoms. The number of hydrogen-bond acceptors (Lipinski definition) is 3. The molecule has 1 amide bonds. The third kappa shape index (κ3) is 4.68. The molecule has 0 bridgehead atoms. The number of para-hydroxylation sites is 1. The topological polar surface area (TPSA) is 56.1 Å². The fourth-order valence-corrected chi connectivity index (χ4v) is 3.03. The fourth-order valence-electron chi connectivity index (χ4n) is 3.03. The summed E-state index contributed by atoms with van der Waals surface area (Å²) < 4.78 is 7.30. The third-order valence-corrected chi connectivity index (χ3v) is 4.49. The molecule has 0 fully saturated rings. The number of nitrogens with one attached hydrogen (secondary N) is 1. The quantitative estimate of drug-likeness (QED) is 0.620. The van der Waals surface area contributed by atoms with E-state index in [9.17, 15) is 4.79 Å². The van der Waals surface area contributed by atoms with Crippen molar-refractivity contribution < 1.29 is 9.53 Å². The van der Waals surface area contributed by atoms with Crippen LogP contribution >= 0.6 is 0 Å². The number of aromatic nitrogens is 2. The number of rotatable bonds is 7. The SMILES string of the molecule is CCOc1ccc(/C=C/C(=O)NC(C)c2cnn(-c3ccccc3)c2C)cc1. The van der Waals surface area contributed by atoms with Crippen molar-refractivity contribution in [2.24, 2.45) is 0 Å². The largest absolute Gasteiger partial charge is 0.494 e. The minimum absolute atomic E-state index is 0.144. The minimum atomic E-state index is -0.145. The molecule has 0 saturated carbocycles. The first-order valence-corrected chi connectivity index (χ1v) is 9.40. The number of amides is 1. The van der Waals surface area contributed by atoms with Gasteiger partial charge in [-0.05, 0) is 56.7 Å². The predicted octanol–water partition coefficient (Wildman–Crippen LogP) is 4.47. The molecular weight excluding hydrogens is 350 g/mol. The standard InChI is InChI=1S/C23H25N3O2/c1-4-28-21-13-10-19(11-14-21)12-15-23(27)25-17(2)22-16-24-26(18(22)3)20-8-6-5-7-9-20/h5-17H,4H2,1-3H3,(H,25,27)/b15-12+. The zero-order valence-corrected chi connectivity index (χ0v) is 16.4. The normalized spacial score (nSPS) is 12.1. The van der Waals surface area contributed by atoms with Gasteiger partial charge in [0.15, 0.2) is 0 Å². The smallest absolute Gasteiger partial charge is 0.244 e. The Labute approximate surface area is 165 Å². The van der Waals surface area contributed by atoms with Crippen molar-refractivity contribution in [2.75, 3.05) is 6.61 Å². The molecule has 5 nitrogen and oxygen atoms in total. The summed E-state index contributed by atoms with van der Waals surface area (Å²) in [5, 5.41) is 7.47. The first-order chi connectivity index (χ1) is 13.6. The Morgan fingerprint density at radius 1 is 1.18 bits per heavy atom. The molecule has 0 aliphatic carbocycles. The van der Waals surface area contributed by atoms with Crippen molar-refractivity contribution in [3.05, 3.63) is 83.7 Å². The molecule has 144 valence electrons. The van der Waals surface area contributed by atoms with Gasteiger partial charge in [0.2, 0.25) is 5.91 Å². The van der Waals surface area contributed by atoms with E-state index in [4.69, 9.17) is 4.74 Å². The van der Waals surface area contributed by atoms with Crippen LogP contribution in [0.25, 0.3) is 11.8 Å². The van der Waals surface area contributed by atoms with E-state index in [0.29, 0.717) is 6.61 Å². The van der Waals surface area contributed by atoms with Gasteiger partial charge in [-0.25, -0.2) is 4.68 Å². The van der Waals surface area contributed by atoms with Crippen LogP contribution in [0, 0.1) is 6.92 Å². The van der Waals surface area contributed by atoms with Gasteiger partial charge in [-0.3, -0.25) is 4.79 Å². The van der Waals surface area contributed by atoms with Crippen LogP contribution in [0.3, 0.4) is 0 Å². The first kappa shape index (κ1) is 19.4. The summed E-state index contributed by atoms with van der Waals surface area (Å²) in [5.74, 6) is 0.678. The van der Waals surface area contributed by atoms with Gasteiger partial charge in [0.1, 0.15) is 5.75 Å². The Balaban J connectivity index is 1.63. The number of ether oxygens (including phenoxy) is 1. The van der Waals surface area contributed by atoms with Gasteiger partial charge in [0, 0.05) is 17.3 Å². The monoisotopic (exact) mass is 375 g/mol. The lowest BCUT2D eigenvalue weighted by Crippen LogP contribution is -2.25. The molecule has 1 heterocycles. The molecule has 28 heavy (non-hydrogen) atoms. The Kier molecular flexibility index (Phi) is 6.27. The lowest BCUT2D eigenvalue weighted by molar-refractivity contribution is -0.117. The van der Waals surface area contributed by atoms with Crippen LogP contribution < -0.4 is 10.1 Å². The number of benzene rings is 2. The van der Waals surface area contributed by atoms with Crippen LogP contribution in [0.15, 0.2) is 66.9 Å². The second kappa shape index (κ2) is 9.04. The van der Waals surface area contributed by atoms with Crippen molar-refractivity contribution in [2.45, 2.75) is 26.8 Å². The summed E-state index contributed by atoms with van der Waals surface area (Å²) in [6.45, 7) is 6.55. The summed E-state index contributed by atoms with van der Waals surface area (Å²) in [7, 11) is 0. The molecule has 0 radical (unpaired) electrons. The average Bonchev–Trinajstić information content (AvgIpc) is 3.10. The van der Waals surface area contributed by atoms with Crippen molar-refractivity contribution in [1.29, 1.82) is 0 Å². The minimum Gasteiger partial charge on any atom is -0.494 e. The second-order valence-electron chi connectivity index (χ2n) is 6.50. The lowest BCUT2D eigenvalue weighted by atomic mass is 10.1. The van der Waals surface area contributed by atoms with E-state index in [1.54, 1.807) is 12.2 Å². The molecule has 2 aromatic carbocycles. The Bertz CT molecular complexity index is 944. The zero-order chi connectivity index (χ0) is 19.9. The number of carbonyl (C=O) groups is 1. The van der Waals surface area contributed by atoms with Crippen LogP contribution in [0.4, 0.5) is 0 Å². The Morgan fingerprint density at radius 3 is 2.57 bits per heavy atom. The van der Waals surface area contributed by atoms with Crippen LogP contribution in [0.2, 0.25) is 0 Å². The Hall–Kier alpha value is -3.34. The summed E-state index contributed by atoms with van der Waals surface area (Å²) in [6.07, 6.45) is 5.14. The van der Waals surface area contributed by atoms with Gasteiger partial charge in [0.05, 0.1) is 24.5 Å². The molecule has 1 N–H and O–H groups in total. The maximum atomic E-state index is 12.3. The van der Waals surface area contributed by atoms with E-state index in [2.05, 4.69) is 10.4 Å². The Morgan fingerprint density at radius 2 is 1.89 bits per heavy atom. The molecule has 3 rings (SSSR count). The zero-order valence-electron chi connectivity index (χ0n) is 16.4. The molecule has 0 aliphatic heterocycles. The van der Waals surface area contributed by atoms with Crippen molar-refractivity contribution in [3.8, 4) is 11.4 Å². The van der Waals surface area contributed by atoms with Gasteiger partial charge in [-0.15, -0.1) is 0 Å².